The molecule has 2 heterocycles. The number of aromatic nitrogens is 2. The quantitative estimate of drug-likeness (QED) is 0.792. The zero-order chi connectivity index (χ0) is 14.8. The highest BCUT2D eigenvalue weighted by Gasteiger charge is 2.12. The number of nitrogens with zero attached hydrogens (tertiary/aromatic N) is 2. The SMILES string of the molecule is Cn1cccc1C(=O)Nc1nc(-c2ccccc2Cl)cs1. The Morgan fingerprint density at radius 2 is 2.10 bits per heavy atom. The summed E-state index contributed by atoms with van der Waals surface area (Å²) in [7, 11) is 1.83. The molecule has 0 atom stereocenters. The molecule has 6 heteroatoms. The average Bonchev–Trinajstić information content (AvgIpc) is 3.08. The smallest absolute Gasteiger partial charge is 0.274 e. The molecular formula is C15H12ClN3OS. The van der Waals surface area contributed by atoms with E-state index >= 15 is 0 Å². The number of anilines is 1. The zero-order valence-electron chi connectivity index (χ0n) is 11.2. The monoisotopic (exact) mass is 317 g/mol. The summed E-state index contributed by atoms with van der Waals surface area (Å²) in [5.41, 5.74) is 2.20. The summed E-state index contributed by atoms with van der Waals surface area (Å²) >= 11 is 7.52. The first-order chi connectivity index (χ1) is 10.1. The zero-order valence-corrected chi connectivity index (χ0v) is 12.8. The van der Waals surface area contributed by atoms with Gasteiger partial charge < -0.3 is 4.57 Å². The molecule has 0 unspecified atom stereocenters. The molecule has 3 rings (SSSR count). The lowest BCUT2D eigenvalue weighted by Crippen LogP contribution is -2.15. The molecule has 0 aliphatic rings. The summed E-state index contributed by atoms with van der Waals surface area (Å²) in [4.78, 5) is 16.5. The molecule has 0 saturated carbocycles. The molecule has 0 radical (unpaired) electrons. The van der Waals surface area contributed by atoms with Crippen LogP contribution in [-0.2, 0) is 7.05 Å². The van der Waals surface area contributed by atoms with E-state index in [2.05, 4.69) is 10.3 Å². The minimum Gasteiger partial charge on any atom is -0.347 e. The fourth-order valence-electron chi connectivity index (χ4n) is 1.98. The third-order valence-corrected chi connectivity index (χ3v) is 4.14. The number of hydrogen-bond donors (Lipinski definition) is 1. The summed E-state index contributed by atoms with van der Waals surface area (Å²) in [6, 6.07) is 11.1. The van der Waals surface area contributed by atoms with E-state index in [4.69, 9.17) is 11.6 Å². The minimum atomic E-state index is -0.178. The molecule has 4 nitrogen and oxygen atoms in total. The highest BCUT2D eigenvalue weighted by molar-refractivity contribution is 7.14. The molecule has 0 aliphatic heterocycles. The van der Waals surface area contributed by atoms with Crippen molar-refractivity contribution >= 4 is 34.0 Å². The second kappa shape index (κ2) is 5.71. The molecule has 21 heavy (non-hydrogen) atoms. The number of halogens is 1. The third kappa shape index (κ3) is 2.84. The van der Waals surface area contributed by atoms with Gasteiger partial charge in [-0.3, -0.25) is 10.1 Å². The highest BCUT2D eigenvalue weighted by Crippen LogP contribution is 2.30. The molecule has 0 saturated heterocycles. The highest BCUT2D eigenvalue weighted by atomic mass is 35.5. The van der Waals surface area contributed by atoms with Crippen molar-refractivity contribution in [2.24, 2.45) is 7.05 Å². The maximum absolute atomic E-state index is 12.1. The minimum absolute atomic E-state index is 0.178. The number of carbonyl (C=O) groups excluding carboxylic acids is 1. The normalized spacial score (nSPS) is 10.6. The fourth-order valence-corrected chi connectivity index (χ4v) is 2.92. The third-order valence-electron chi connectivity index (χ3n) is 3.05. The maximum Gasteiger partial charge on any atom is 0.274 e. The first-order valence-electron chi connectivity index (χ1n) is 6.28. The summed E-state index contributed by atoms with van der Waals surface area (Å²) in [5, 5.41) is 5.87. The van der Waals surface area contributed by atoms with Gasteiger partial charge in [-0.15, -0.1) is 11.3 Å². The van der Waals surface area contributed by atoms with Gasteiger partial charge in [-0.05, 0) is 18.2 Å². The molecule has 3 aromatic rings. The van der Waals surface area contributed by atoms with Crippen molar-refractivity contribution < 1.29 is 4.79 Å². The van der Waals surface area contributed by atoms with Crippen LogP contribution in [0.5, 0.6) is 0 Å². The molecule has 1 aromatic carbocycles. The van der Waals surface area contributed by atoms with Crippen molar-refractivity contribution in [3.05, 3.63) is 58.7 Å². The van der Waals surface area contributed by atoms with Crippen LogP contribution < -0.4 is 5.32 Å². The van der Waals surface area contributed by atoms with E-state index in [0.29, 0.717) is 15.8 Å². The molecular weight excluding hydrogens is 306 g/mol. The Morgan fingerprint density at radius 3 is 2.81 bits per heavy atom. The van der Waals surface area contributed by atoms with Crippen molar-refractivity contribution in [2.75, 3.05) is 5.32 Å². The number of rotatable bonds is 3. The second-order valence-electron chi connectivity index (χ2n) is 4.48. The van der Waals surface area contributed by atoms with Crippen molar-refractivity contribution in [3.8, 4) is 11.3 Å². The van der Waals surface area contributed by atoms with E-state index < -0.39 is 0 Å². The summed E-state index contributed by atoms with van der Waals surface area (Å²) in [6.45, 7) is 0. The van der Waals surface area contributed by atoms with E-state index in [0.717, 1.165) is 11.3 Å². The van der Waals surface area contributed by atoms with Crippen LogP contribution in [0.2, 0.25) is 5.02 Å². The molecule has 0 aliphatic carbocycles. The van der Waals surface area contributed by atoms with Crippen LogP contribution in [-0.4, -0.2) is 15.5 Å². The average molecular weight is 318 g/mol. The number of amides is 1. The first-order valence-corrected chi connectivity index (χ1v) is 7.54. The number of aryl methyl sites for hydroxylation is 1. The molecule has 106 valence electrons. The fraction of sp³-hybridized carbons (Fsp3) is 0.0667. The lowest BCUT2D eigenvalue weighted by atomic mass is 10.2. The second-order valence-corrected chi connectivity index (χ2v) is 5.74. The topological polar surface area (TPSA) is 46.9 Å². The van der Waals surface area contributed by atoms with Crippen LogP contribution >= 0.6 is 22.9 Å². The van der Waals surface area contributed by atoms with Crippen molar-refractivity contribution in [1.82, 2.24) is 9.55 Å². The van der Waals surface area contributed by atoms with Crippen LogP contribution in [0.4, 0.5) is 5.13 Å². The van der Waals surface area contributed by atoms with Gasteiger partial charge in [0.25, 0.3) is 5.91 Å². The predicted molar refractivity (Wildman–Crippen MR) is 85.9 cm³/mol. The van der Waals surface area contributed by atoms with Gasteiger partial charge in [-0.25, -0.2) is 4.98 Å². The molecule has 1 N–H and O–H groups in total. The molecule has 2 aromatic heterocycles. The standard InChI is InChI=1S/C15H12ClN3OS/c1-19-8-4-7-13(19)14(20)18-15-17-12(9-21-15)10-5-2-3-6-11(10)16/h2-9H,1H3,(H,17,18,20). The lowest BCUT2D eigenvalue weighted by molar-refractivity contribution is 0.101. The van der Waals surface area contributed by atoms with Gasteiger partial charge in [-0.2, -0.15) is 0 Å². The molecule has 0 fully saturated rings. The number of thiazole rings is 1. The first kappa shape index (κ1) is 13.9. The van der Waals surface area contributed by atoms with E-state index in [-0.39, 0.29) is 5.91 Å². The van der Waals surface area contributed by atoms with Crippen LogP contribution in [0.15, 0.2) is 48.0 Å². The van der Waals surface area contributed by atoms with Gasteiger partial charge >= 0.3 is 0 Å². The van der Waals surface area contributed by atoms with Gasteiger partial charge in [-0.1, -0.05) is 29.8 Å². The molecule has 0 bridgehead atoms. The molecule has 1 amide bonds. The Bertz CT molecular complexity index is 794. The maximum atomic E-state index is 12.1. The molecule has 0 spiro atoms. The number of hydrogen-bond acceptors (Lipinski definition) is 3. The number of carbonyl (C=O) groups is 1. The van der Waals surface area contributed by atoms with Crippen molar-refractivity contribution in [2.45, 2.75) is 0 Å². The van der Waals surface area contributed by atoms with Gasteiger partial charge in [0.15, 0.2) is 5.13 Å². The van der Waals surface area contributed by atoms with E-state index in [9.17, 15) is 4.79 Å². The lowest BCUT2D eigenvalue weighted by Gasteiger charge is -2.03. The predicted octanol–water partition coefficient (Wildman–Crippen LogP) is 4.05. The largest absolute Gasteiger partial charge is 0.347 e. The van der Waals surface area contributed by atoms with Gasteiger partial charge in [0.1, 0.15) is 5.69 Å². The summed E-state index contributed by atoms with van der Waals surface area (Å²) in [5.74, 6) is -0.178. The Hall–Kier alpha value is -2.11. The van der Waals surface area contributed by atoms with Crippen LogP contribution in [0.25, 0.3) is 11.3 Å². The number of nitrogens with one attached hydrogen (secondary N) is 1. The summed E-state index contributed by atoms with van der Waals surface area (Å²) < 4.78 is 1.76. The van der Waals surface area contributed by atoms with Crippen LogP contribution in [0.1, 0.15) is 10.5 Å². The van der Waals surface area contributed by atoms with Gasteiger partial charge in [0.2, 0.25) is 0 Å². The van der Waals surface area contributed by atoms with Crippen molar-refractivity contribution in [3.63, 3.8) is 0 Å². The van der Waals surface area contributed by atoms with Gasteiger partial charge in [0.05, 0.1) is 5.69 Å². The Balaban J connectivity index is 1.82. The number of benzene rings is 1. The van der Waals surface area contributed by atoms with Crippen LogP contribution in [0, 0.1) is 0 Å². The Morgan fingerprint density at radius 1 is 1.29 bits per heavy atom. The van der Waals surface area contributed by atoms with Gasteiger partial charge in [0, 0.05) is 29.2 Å². The van der Waals surface area contributed by atoms with E-state index in [1.165, 1.54) is 11.3 Å². The summed E-state index contributed by atoms with van der Waals surface area (Å²) in [6.07, 6.45) is 1.83. The Kier molecular flexibility index (Phi) is 3.77. The van der Waals surface area contributed by atoms with E-state index in [1.54, 1.807) is 10.6 Å². The van der Waals surface area contributed by atoms with Crippen molar-refractivity contribution in [1.29, 1.82) is 0 Å². The Labute approximate surface area is 131 Å². The van der Waals surface area contributed by atoms with E-state index in [1.807, 2.05) is 49.0 Å². The van der Waals surface area contributed by atoms with Crippen LogP contribution in [0.3, 0.4) is 0 Å².